The minimum absolute atomic E-state index is 0.0116. The molecule has 1 saturated heterocycles. The van der Waals surface area contributed by atoms with Crippen molar-refractivity contribution in [1.82, 2.24) is 9.62 Å². The highest BCUT2D eigenvalue weighted by atomic mass is 32.2. The van der Waals surface area contributed by atoms with Gasteiger partial charge in [0, 0.05) is 19.1 Å². The lowest BCUT2D eigenvalue weighted by Crippen LogP contribution is -2.42. The van der Waals surface area contributed by atoms with Crippen LogP contribution in [0.4, 0.5) is 5.69 Å². The summed E-state index contributed by atoms with van der Waals surface area (Å²) in [5, 5.41) is 4.31. The molecule has 1 aliphatic rings. The van der Waals surface area contributed by atoms with Crippen molar-refractivity contribution in [3.8, 4) is 0 Å². The van der Waals surface area contributed by atoms with E-state index in [9.17, 15) is 21.6 Å². The van der Waals surface area contributed by atoms with Gasteiger partial charge in [-0.2, -0.15) is 4.31 Å². The summed E-state index contributed by atoms with van der Waals surface area (Å²) in [4.78, 5) is 12.4. The average molecular weight is 472 g/mol. The Bertz CT molecular complexity index is 1090. The molecule has 1 amide bonds. The van der Waals surface area contributed by atoms with Gasteiger partial charge in [0.1, 0.15) is 10.8 Å². The molecular weight excluding hydrogens is 446 g/mol. The van der Waals surface area contributed by atoms with Crippen LogP contribution in [0.25, 0.3) is 0 Å². The summed E-state index contributed by atoms with van der Waals surface area (Å²) in [5.41, 5.74) is 0.127. The van der Waals surface area contributed by atoms with E-state index in [0.717, 1.165) is 28.5 Å². The number of hydrogen-bond donors (Lipinski definition) is 1. The summed E-state index contributed by atoms with van der Waals surface area (Å²) < 4.78 is 54.8. The lowest BCUT2D eigenvalue weighted by atomic mass is 10.3. The molecule has 1 aromatic heterocycles. The van der Waals surface area contributed by atoms with E-state index < -0.39 is 32.5 Å². The molecule has 0 aliphatic carbocycles. The second kappa shape index (κ2) is 9.04. The molecule has 1 aliphatic heterocycles. The summed E-state index contributed by atoms with van der Waals surface area (Å²) in [7, 11) is -7.77. The van der Waals surface area contributed by atoms with Crippen LogP contribution < -0.4 is 9.62 Å². The van der Waals surface area contributed by atoms with E-state index in [0.29, 0.717) is 13.1 Å². The van der Waals surface area contributed by atoms with Gasteiger partial charge < -0.3 is 5.32 Å². The Balaban J connectivity index is 2.02. The molecule has 1 fully saturated rings. The molecule has 164 valence electrons. The molecule has 2 aromatic rings. The van der Waals surface area contributed by atoms with Crippen LogP contribution in [-0.2, 0) is 24.8 Å². The largest absolute Gasteiger partial charge is 0.352 e. The highest BCUT2D eigenvalue weighted by Crippen LogP contribution is 2.29. The summed E-state index contributed by atoms with van der Waals surface area (Å²) in [6.07, 6.45) is 1.60. The number of thiophene rings is 1. The lowest BCUT2D eigenvalue weighted by Gasteiger charge is -2.25. The van der Waals surface area contributed by atoms with Crippen LogP contribution in [0.3, 0.4) is 0 Å². The van der Waals surface area contributed by atoms with Crippen LogP contribution in [0.5, 0.6) is 0 Å². The van der Waals surface area contributed by atoms with E-state index in [1.165, 1.54) is 34.6 Å². The van der Waals surface area contributed by atoms with Gasteiger partial charge in [-0.1, -0.05) is 12.1 Å². The third-order valence-electron chi connectivity index (χ3n) is 4.58. The maximum atomic E-state index is 13.2. The highest BCUT2D eigenvalue weighted by molar-refractivity contribution is 7.94. The van der Waals surface area contributed by atoms with Crippen LogP contribution in [0.15, 0.2) is 50.9 Å². The average Bonchev–Trinajstić information content (AvgIpc) is 3.39. The molecule has 1 aromatic carbocycles. The van der Waals surface area contributed by atoms with E-state index in [-0.39, 0.29) is 20.8 Å². The highest BCUT2D eigenvalue weighted by Gasteiger charge is 2.31. The summed E-state index contributed by atoms with van der Waals surface area (Å²) in [6.45, 7) is 3.99. The summed E-state index contributed by atoms with van der Waals surface area (Å²) >= 11 is 1.04. The Labute approximate surface area is 181 Å². The smallest absolute Gasteiger partial charge is 0.274 e. The van der Waals surface area contributed by atoms with E-state index in [4.69, 9.17) is 0 Å². The number of sulfonamides is 2. The Kier molecular flexibility index (Phi) is 6.85. The van der Waals surface area contributed by atoms with Crippen molar-refractivity contribution in [3.63, 3.8) is 0 Å². The van der Waals surface area contributed by atoms with E-state index in [2.05, 4.69) is 5.32 Å². The second-order valence-corrected chi connectivity index (χ2v) is 12.2. The zero-order valence-corrected chi connectivity index (χ0v) is 19.3. The number of nitrogens with zero attached hydrogens (tertiary/aromatic N) is 2. The van der Waals surface area contributed by atoms with Gasteiger partial charge in [0.15, 0.2) is 0 Å². The number of amides is 1. The number of benzene rings is 1. The van der Waals surface area contributed by atoms with Crippen molar-refractivity contribution in [1.29, 1.82) is 0 Å². The summed E-state index contributed by atoms with van der Waals surface area (Å²) in [6, 6.07) is 8.66. The van der Waals surface area contributed by atoms with E-state index in [1.807, 2.05) is 0 Å². The van der Waals surface area contributed by atoms with Crippen molar-refractivity contribution in [2.45, 2.75) is 41.8 Å². The SMILES string of the molecule is CC(C)NC(=O)CN(c1cccc(S(=O)(=O)N2CCCC2)c1)S(=O)(=O)c1cccs1. The number of carbonyl (C=O) groups is 1. The molecule has 2 heterocycles. The molecule has 0 spiro atoms. The van der Waals surface area contributed by atoms with Crippen LogP contribution in [0.2, 0.25) is 0 Å². The minimum Gasteiger partial charge on any atom is -0.352 e. The molecule has 0 atom stereocenters. The molecule has 0 radical (unpaired) electrons. The topological polar surface area (TPSA) is 104 Å². The fourth-order valence-corrected chi connectivity index (χ4v) is 7.28. The fraction of sp³-hybridized carbons (Fsp3) is 0.421. The van der Waals surface area contributed by atoms with Crippen LogP contribution in [-0.4, -0.2) is 52.7 Å². The first-order valence-electron chi connectivity index (χ1n) is 9.58. The Hall–Kier alpha value is -1.95. The molecule has 30 heavy (non-hydrogen) atoms. The van der Waals surface area contributed by atoms with Gasteiger partial charge in [-0.05, 0) is 56.3 Å². The van der Waals surface area contributed by atoms with E-state index >= 15 is 0 Å². The van der Waals surface area contributed by atoms with Gasteiger partial charge in [0.05, 0.1) is 10.6 Å². The Morgan fingerprint density at radius 1 is 1.13 bits per heavy atom. The van der Waals surface area contributed by atoms with Gasteiger partial charge in [-0.3, -0.25) is 9.10 Å². The van der Waals surface area contributed by atoms with Gasteiger partial charge in [0.2, 0.25) is 15.9 Å². The maximum absolute atomic E-state index is 13.2. The van der Waals surface area contributed by atoms with Gasteiger partial charge in [0.25, 0.3) is 10.0 Å². The maximum Gasteiger partial charge on any atom is 0.274 e. The standard InChI is InChI=1S/C19H25N3O5S3/c1-15(2)20-18(23)14-22(30(26,27)19-9-6-12-28-19)16-7-5-8-17(13-16)29(24,25)21-10-3-4-11-21/h5-9,12-13,15H,3-4,10-11,14H2,1-2H3,(H,20,23). The lowest BCUT2D eigenvalue weighted by molar-refractivity contribution is -0.120. The Morgan fingerprint density at radius 3 is 2.43 bits per heavy atom. The first-order valence-corrected chi connectivity index (χ1v) is 13.3. The zero-order chi connectivity index (χ0) is 21.9. The third-order valence-corrected chi connectivity index (χ3v) is 9.63. The van der Waals surface area contributed by atoms with Gasteiger partial charge >= 0.3 is 0 Å². The number of carbonyl (C=O) groups excluding carboxylic acids is 1. The first kappa shape index (κ1) is 22.7. The fourth-order valence-electron chi connectivity index (χ4n) is 3.21. The van der Waals surface area contributed by atoms with Crippen molar-refractivity contribution in [2.75, 3.05) is 23.9 Å². The quantitative estimate of drug-likeness (QED) is 0.636. The number of rotatable bonds is 8. The van der Waals surface area contributed by atoms with Crippen LogP contribution in [0.1, 0.15) is 26.7 Å². The molecule has 11 heteroatoms. The molecule has 0 saturated carbocycles. The Morgan fingerprint density at radius 2 is 1.83 bits per heavy atom. The molecule has 3 rings (SSSR count). The normalized spacial score (nSPS) is 15.4. The van der Waals surface area contributed by atoms with Crippen molar-refractivity contribution in [3.05, 3.63) is 41.8 Å². The monoisotopic (exact) mass is 471 g/mol. The summed E-state index contributed by atoms with van der Waals surface area (Å²) in [5.74, 6) is -0.474. The number of hydrogen-bond acceptors (Lipinski definition) is 6. The number of nitrogens with one attached hydrogen (secondary N) is 1. The van der Waals surface area contributed by atoms with Crippen LogP contribution in [0, 0.1) is 0 Å². The molecule has 8 nitrogen and oxygen atoms in total. The van der Waals surface area contributed by atoms with Crippen molar-refractivity contribution < 1.29 is 21.6 Å². The van der Waals surface area contributed by atoms with Gasteiger partial charge in [-0.15, -0.1) is 11.3 Å². The third kappa shape index (κ3) is 4.85. The zero-order valence-electron chi connectivity index (χ0n) is 16.8. The number of anilines is 1. The van der Waals surface area contributed by atoms with Crippen molar-refractivity contribution >= 4 is 43.0 Å². The predicted octanol–water partition coefficient (Wildman–Crippen LogP) is 2.25. The second-order valence-electron chi connectivity index (χ2n) is 7.27. The van der Waals surface area contributed by atoms with Gasteiger partial charge in [-0.25, -0.2) is 16.8 Å². The molecular formula is C19H25N3O5S3. The van der Waals surface area contributed by atoms with Crippen molar-refractivity contribution in [2.24, 2.45) is 0 Å². The molecule has 0 bridgehead atoms. The molecule has 1 N–H and O–H groups in total. The minimum atomic E-state index is -4.04. The van der Waals surface area contributed by atoms with Crippen LogP contribution >= 0.6 is 11.3 Å². The first-order chi connectivity index (χ1) is 14.1. The predicted molar refractivity (Wildman–Crippen MR) is 117 cm³/mol. The van der Waals surface area contributed by atoms with E-state index in [1.54, 1.807) is 25.3 Å². The molecule has 0 unspecified atom stereocenters.